The average molecular weight is 602 g/mol. The van der Waals surface area contributed by atoms with Crippen molar-refractivity contribution in [1.82, 2.24) is 15.6 Å². The van der Waals surface area contributed by atoms with E-state index < -0.39 is 29.4 Å². The summed E-state index contributed by atoms with van der Waals surface area (Å²) in [5, 5.41) is 12.8. The molecule has 1 aliphatic rings. The number of halogens is 1. The highest BCUT2D eigenvalue weighted by Crippen LogP contribution is 2.27. The summed E-state index contributed by atoms with van der Waals surface area (Å²) < 4.78 is 5.78. The van der Waals surface area contributed by atoms with E-state index in [-0.39, 0.29) is 30.1 Å². The van der Waals surface area contributed by atoms with Crippen LogP contribution in [0, 0.1) is 0 Å². The Morgan fingerprint density at radius 2 is 1.80 bits per heavy atom. The van der Waals surface area contributed by atoms with Crippen LogP contribution in [0.1, 0.15) is 22.9 Å². The number of carbonyl (C=O) groups excluding carboxylic acids is 4. The van der Waals surface area contributed by atoms with Crippen molar-refractivity contribution in [2.24, 2.45) is 5.16 Å². The van der Waals surface area contributed by atoms with Gasteiger partial charge in [-0.1, -0.05) is 65.8 Å². The van der Waals surface area contributed by atoms with Gasteiger partial charge < -0.3 is 25.5 Å². The normalized spacial score (nSPS) is 16.2. The van der Waals surface area contributed by atoms with Crippen molar-refractivity contribution in [3.05, 3.63) is 82.9 Å². The van der Waals surface area contributed by atoms with Crippen LogP contribution in [0.25, 0.3) is 0 Å². The molecule has 3 N–H and O–H groups in total. The number of nitrogens with zero attached hydrogens (tertiary/aromatic N) is 2. The van der Waals surface area contributed by atoms with Gasteiger partial charge in [-0.05, 0) is 11.1 Å². The third-order valence-electron chi connectivity index (χ3n) is 5.38. The SMILES string of the molecule is O=C(C=NOCc1csc(NC(=O)CCl)n1)N[C@@H]1C(=O)N[C@@H]1SCC(=O)OC(c1ccccc1)c1ccccc1. The van der Waals surface area contributed by atoms with Gasteiger partial charge in [0, 0.05) is 5.38 Å². The minimum Gasteiger partial charge on any atom is -0.452 e. The smallest absolute Gasteiger partial charge is 0.316 e. The molecule has 2 atom stereocenters. The summed E-state index contributed by atoms with van der Waals surface area (Å²) in [4.78, 5) is 57.4. The van der Waals surface area contributed by atoms with Gasteiger partial charge in [-0.2, -0.15) is 0 Å². The maximum Gasteiger partial charge on any atom is 0.316 e. The number of rotatable bonds is 13. The topological polar surface area (TPSA) is 148 Å². The molecule has 0 unspecified atom stereocenters. The van der Waals surface area contributed by atoms with Crippen molar-refractivity contribution in [3.8, 4) is 0 Å². The van der Waals surface area contributed by atoms with Gasteiger partial charge >= 0.3 is 5.97 Å². The highest BCUT2D eigenvalue weighted by atomic mass is 35.5. The molecule has 2 aromatic carbocycles. The molecule has 0 spiro atoms. The minimum atomic E-state index is -0.845. The van der Waals surface area contributed by atoms with Gasteiger partial charge in [0.2, 0.25) is 11.8 Å². The Balaban J connectivity index is 1.22. The maximum absolute atomic E-state index is 12.7. The first kappa shape index (κ1) is 29.1. The summed E-state index contributed by atoms with van der Waals surface area (Å²) in [5.41, 5.74) is 2.17. The number of ether oxygens (including phenoxy) is 1. The Hall–Kier alpha value is -3.94. The molecule has 1 aliphatic heterocycles. The van der Waals surface area contributed by atoms with E-state index in [4.69, 9.17) is 21.2 Å². The number of hydrogen-bond donors (Lipinski definition) is 3. The number of β-lactam (4-membered cyclic amide) rings is 1. The number of anilines is 1. The number of nitrogens with one attached hydrogen (secondary N) is 3. The van der Waals surface area contributed by atoms with E-state index in [0.29, 0.717) is 10.8 Å². The summed E-state index contributed by atoms with van der Waals surface area (Å²) in [7, 11) is 0. The number of carbonyl (C=O) groups is 4. The second-order valence-corrected chi connectivity index (χ2v) is 10.5. The van der Waals surface area contributed by atoms with Crippen LogP contribution in [0.3, 0.4) is 0 Å². The molecule has 208 valence electrons. The predicted molar refractivity (Wildman–Crippen MR) is 152 cm³/mol. The fraction of sp³-hybridized carbons (Fsp3) is 0.231. The second kappa shape index (κ2) is 14.4. The first-order chi connectivity index (χ1) is 19.4. The molecule has 0 saturated carbocycles. The van der Waals surface area contributed by atoms with Crippen LogP contribution in [0.15, 0.2) is 71.2 Å². The third-order valence-corrected chi connectivity index (χ3v) is 7.58. The number of aromatic nitrogens is 1. The predicted octanol–water partition coefficient (Wildman–Crippen LogP) is 2.83. The van der Waals surface area contributed by atoms with Gasteiger partial charge in [0.15, 0.2) is 17.8 Å². The largest absolute Gasteiger partial charge is 0.452 e. The van der Waals surface area contributed by atoms with Gasteiger partial charge in [-0.15, -0.1) is 34.7 Å². The molecule has 1 aromatic heterocycles. The van der Waals surface area contributed by atoms with E-state index in [0.717, 1.165) is 29.1 Å². The standard InChI is InChI=1S/C26H24ClN5O6S2/c27-11-19(33)31-26-29-18(14-40-26)13-37-28-12-20(34)30-22-24(36)32-25(22)39-15-21(35)38-23(16-7-3-1-4-8-16)17-9-5-2-6-10-17/h1-10,12,14,22-23,25H,11,13,15H2,(H,30,34)(H,32,36)(H,29,31,33)/t22-,25-/m1/s1. The average Bonchev–Trinajstić information content (AvgIpc) is 3.42. The third kappa shape index (κ3) is 8.28. The number of esters is 1. The van der Waals surface area contributed by atoms with E-state index in [1.165, 1.54) is 11.3 Å². The first-order valence-corrected chi connectivity index (χ1v) is 14.4. The van der Waals surface area contributed by atoms with Crippen LogP contribution in [-0.2, 0) is 35.4 Å². The second-order valence-electron chi connectivity index (χ2n) is 8.25. The Labute approximate surface area is 242 Å². The molecule has 40 heavy (non-hydrogen) atoms. The molecule has 0 radical (unpaired) electrons. The molecular weight excluding hydrogens is 578 g/mol. The highest BCUT2D eigenvalue weighted by molar-refractivity contribution is 8.00. The number of thioether (sulfide) groups is 1. The van der Waals surface area contributed by atoms with E-state index in [1.54, 1.807) is 5.38 Å². The van der Waals surface area contributed by atoms with E-state index in [1.807, 2.05) is 60.7 Å². The van der Waals surface area contributed by atoms with Crippen LogP contribution in [-0.4, -0.2) is 57.9 Å². The fourth-order valence-corrected chi connectivity index (χ4v) is 5.25. The molecule has 1 saturated heterocycles. The summed E-state index contributed by atoms with van der Waals surface area (Å²) in [5.74, 6) is -2.09. The Morgan fingerprint density at radius 3 is 2.42 bits per heavy atom. The van der Waals surface area contributed by atoms with E-state index in [2.05, 4.69) is 26.1 Å². The number of amides is 3. The van der Waals surface area contributed by atoms with Crippen LogP contribution in [0.2, 0.25) is 0 Å². The van der Waals surface area contributed by atoms with Crippen molar-refractivity contribution >= 4 is 69.7 Å². The van der Waals surface area contributed by atoms with Crippen LogP contribution in [0.4, 0.5) is 5.13 Å². The quantitative estimate of drug-likeness (QED) is 0.0890. The zero-order valence-corrected chi connectivity index (χ0v) is 23.2. The molecular formula is C26H24ClN5O6S2. The number of thiazole rings is 1. The van der Waals surface area contributed by atoms with Gasteiger partial charge in [0.25, 0.3) is 5.91 Å². The molecule has 1 fully saturated rings. The van der Waals surface area contributed by atoms with Gasteiger partial charge in [0.05, 0.1) is 11.4 Å². The van der Waals surface area contributed by atoms with Crippen LogP contribution >= 0.6 is 34.7 Å². The summed E-state index contributed by atoms with van der Waals surface area (Å²) >= 11 is 7.78. The van der Waals surface area contributed by atoms with Crippen molar-refractivity contribution in [1.29, 1.82) is 0 Å². The lowest BCUT2D eigenvalue weighted by molar-refractivity contribution is -0.144. The molecule has 0 bridgehead atoms. The van der Waals surface area contributed by atoms with Gasteiger partial charge in [-0.25, -0.2) is 4.98 Å². The van der Waals surface area contributed by atoms with Crippen molar-refractivity contribution < 1.29 is 28.8 Å². The van der Waals surface area contributed by atoms with Crippen molar-refractivity contribution in [2.75, 3.05) is 16.9 Å². The zero-order valence-electron chi connectivity index (χ0n) is 20.8. The molecule has 3 amide bonds. The van der Waals surface area contributed by atoms with Gasteiger partial charge in [-0.3, -0.25) is 19.2 Å². The number of oxime groups is 1. The Kier molecular flexibility index (Phi) is 10.5. The minimum absolute atomic E-state index is 0.0332. The monoisotopic (exact) mass is 601 g/mol. The van der Waals surface area contributed by atoms with E-state index >= 15 is 0 Å². The highest BCUT2D eigenvalue weighted by Gasteiger charge is 2.41. The number of alkyl halides is 1. The lowest BCUT2D eigenvalue weighted by Crippen LogP contribution is -2.68. The lowest BCUT2D eigenvalue weighted by Gasteiger charge is -2.36. The summed E-state index contributed by atoms with van der Waals surface area (Å²) in [6.07, 6.45) is 0.326. The van der Waals surface area contributed by atoms with Crippen molar-refractivity contribution in [2.45, 2.75) is 24.1 Å². The molecule has 4 rings (SSSR count). The summed E-state index contributed by atoms with van der Waals surface area (Å²) in [6.45, 7) is -0.0332. The molecule has 3 aromatic rings. The lowest BCUT2D eigenvalue weighted by atomic mass is 10.0. The molecule has 0 aliphatic carbocycles. The van der Waals surface area contributed by atoms with Crippen LogP contribution < -0.4 is 16.0 Å². The molecule has 2 heterocycles. The summed E-state index contributed by atoms with van der Waals surface area (Å²) in [6, 6.07) is 18.0. The zero-order chi connectivity index (χ0) is 28.3. The van der Waals surface area contributed by atoms with E-state index in [9.17, 15) is 19.2 Å². The number of benzene rings is 2. The molecule has 14 heteroatoms. The maximum atomic E-state index is 12.7. The van der Waals surface area contributed by atoms with Crippen LogP contribution in [0.5, 0.6) is 0 Å². The molecule has 11 nitrogen and oxygen atoms in total. The number of hydrogen-bond acceptors (Lipinski definition) is 10. The Bertz CT molecular complexity index is 1320. The Morgan fingerprint density at radius 1 is 1.12 bits per heavy atom. The first-order valence-electron chi connectivity index (χ1n) is 11.9. The van der Waals surface area contributed by atoms with Crippen molar-refractivity contribution in [3.63, 3.8) is 0 Å². The fourth-order valence-electron chi connectivity index (χ4n) is 3.50. The van der Waals surface area contributed by atoms with Gasteiger partial charge in [0.1, 0.15) is 23.5 Å².